The molecule has 36 heavy (non-hydrogen) atoms. The van der Waals surface area contributed by atoms with Crippen molar-refractivity contribution in [2.75, 3.05) is 10.6 Å². The van der Waals surface area contributed by atoms with Gasteiger partial charge < -0.3 is 10.6 Å². The average molecular weight is 648 g/mol. The van der Waals surface area contributed by atoms with E-state index < -0.39 is 24.2 Å². The second kappa shape index (κ2) is 12.7. The standard InChI is InChI=1S/2C11H13BrF3N3/c2*12-8-5-16-10(17-6-8)18-9-3-1-7(2-4-9)11(13,14)15/h2*5-7,9H,1-4H2,(H,16,17,18). The number of nitrogens with zero attached hydrogens (tertiary/aromatic N) is 4. The Labute approximate surface area is 221 Å². The zero-order chi connectivity index (χ0) is 26.3. The third-order valence-corrected chi connectivity index (χ3v) is 7.11. The summed E-state index contributed by atoms with van der Waals surface area (Å²) in [6.45, 7) is 0. The van der Waals surface area contributed by atoms with Crippen LogP contribution in [0.2, 0.25) is 0 Å². The van der Waals surface area contributed by atoms with Crippen LogP contribution in [0.4, 0.5) is 38.2 Å². The maximum Gasteiger partial charge on any atom is 0.391 e. The first kappa shape index (κ1) is 28.9. The van der Waals surface area contributed by atoms with Gasteiger partial charge in [0.05, 0.1) is 20.8 Å². The van der Waals surface area contributed by atoms with Crippen molar-refractivity contribution in [1.29, 1.82) is 0 Å². The second-order valence-electron chi connectivity index (χ2n) is 8.92. The van der Waals surface area contributed by atoms with Gasteiger partial charge in [0.15, 0.2) is 0 Å². The number of hydrogen-bond acceptors (Lipinski definition) is 6. The van der Waals surface area contributed by atoms with Crippen LogP contribution in [0.5, 0.6) is 0 Å². The van der Waals surface area contributed by atoms with Gasteiger partial charge in [-0.1, -0.05) is 0 Å². The number of alkyl halides is 6. The van der Waals surface area contributed by atoms with Crippen LogP contribution < -0.4 is 10.6 Å². The first-order valence-corrected chi connectivity index (χ1v) is 13.1. The SMILES string of the molecule is FC(F)(F)C1CCC(Nc2ncc(Br)cn2)CC1.FC(F)(F)C1CCC(Nc2ncc(Br)cn2)CC1. The quantitative estimate of drug-likeness (QED) is 0.334. The molecule has 200 valence electrons. The first-order chi connectivity index (χ1) is 16.9. The van der Waals surface area contributed by atoms with E-state index >= 15 is 0 Å². The highest BCUT2D eigenvalue weighted by Crippen LogP contribution is 2.39. The molecule has 2 N–H and O–H groups in total. The fourth-order valence-corrected chi connectivity index (χ4v) is 4.68. The number of anilines is 2. The molecule has 2 heterocycles. The Morgan fingerprint density at radius 2 is 0.833 bits per heavy atom. The topological polar surface area (TPSA) is 75.6 Å². The van der Waals surface area contributed by atoms with Crippen molar-refractivity contribution in [3.8, 4) is 0 Å². The third-order valence-electron chi connectivity index (χ3n) is 6.29. The predicted molar refractivity (Wildman–Crippen MR) is 130 cm³/mol. The fraction of sp³-hybridized carbons (Fsp3) is 0.636. The minimum atomic E-state index is -4.06. The van der Waals surface area contributed by atoms with Crippen molar-refractivity contribution in [3.63, 3.8) is 0 Å². The van der Waals surface area contributed by atoms with Gasteiger partial charge in [0.25, 0.3) is 0 Å². The van der Waals surface area contributed by atoms with Gasteiger partial charge >= 0.3 is 12.4 Å². The Hall–Kier alpha value is -1.70. The summed E-state index contributed by atoms with van der Waals surface area (Å²) in [6.07, 6.45) is 1.05. The van der Waals surface area contributed by atoms with Gasteiger partial charge in [-0.25, -0.2) is 19.9 Å². The predicted octanol–water partition coefficient (Wildman–Crippen LogP) is 7.54. The largest absolute Gasteiger partial charge is 0.391 e. The van der Waals surface area contributed by atoms with E-state index in [2.05, 4.69) is 62.4 Å². The van der Waals surface area contributed by atoms with E-state index in [0.717, 1.165) is 8.95 Å². The minimum Gasteiger partial charge on any atom is -0.351 e. The van der Waals surface area contributed by atoms with E-state index in [0.29, 0.717) is 37.6 Å². The summed E-state index contributed by atoms with van der Waals surface area (Å²) >= 11 is 6.45. The van der Waals surface area contributed by atoms with Gasteiger partial charge in [0.2, 0.25) is 11.9 Å². The molecule has 2 saturated carbocycles. The monoisotopic (exact) mass is 646 g/mol. The highest BCUT2D eigenvalue weighted by molar-refractivity contribution is 9.10. The zero-order valence-electron chi connectivity index (χ0n) is 19.1. The van der Waals surface area contributed by atoms with Crippen LogP contribution in [0, 0.1) is 11.8 Å². The molecule has 0 aliphatic heterocycles. The van der Waals surface area contributed by atoms with Crippen LogP contribution >= 0.6 is 31.9 Å². The number of aromatic nitrogens is 4. The molecule has 0 spiro atoms. The molecule has 0 amide bonds. The molecule has 6 nitrogen and oxygen atoms in total. The molecule has 0 radical (unpaired) electrons. The molecule has 0 bridgehead atoms. The molecule has 0 aromatic carbocycles. The lowest BCUT2D eigenvalue weighted by Gasteiger charge is -2.30. The van der Waals surface area contributed by atoms with E-state index in [9.17, 15) is 26.3 Å². The Morgan fingerprint density at radius 3 is 1.08 bits per heavy atom. The number of hydrogen-bond donors (Lipinski definition) is 2. The second-order valence-corrected chi connectivity index (χ2v) is 10.8. The summed E-state index contributed by atoms with van der Waals surface area (Å²) in [4.78, 5) is 16.2. The van der Waals surface area contributed by atoms with Crippen LogP contribution in [0.25, 0.3) is 0 Å². The Balaban J connectivity index is 0.000000201. The summed E-state index contributed by atoms with van der Waals surface area (Å²) in [7, 11) is 0. The van der Waals surface area contributed by atoms with Crippen molar-refractivity contribution in [3.05, 3.63) is 33.7 Å². The Kier molecular flexibility index (Phi) is 10.2. The lowest BCUT2D eigenvalue weighted by atomic mass is 9.86. The summed E-state index contributed by atoms with van der Waals surface area (Å²) in [6, 6.07) is 0.0644. The average Bonchev–Trinajstić information content (AvgIpc) is 2.82. The van der Waals surface area contributed by atoms with Gasteiger partial charge in [-0.2, -0.15) is 26.3 Å². The van der Waals surface area contributed by atoms with Crippen molar-refractivity contribution in [2.24, 2.45) is 11.8 Å². The molecule has 2 aromatic heterocycles. The molecular formula is C22H26Br2F6N6. The smallest absolute Gasteiger partial charge is 0.351 e. The molecule has 0 unspecified atom stereocenters. The van der Waals surface area contributed by atoms with Gasteiger partial charge in [0, 0.05) is 36.9 Å². The molecule has 2 fully saturated rings. The van der Waals surface area contributed by atoms with Crippen molar-refractivity contribution in [1.82, 2.24) is 19.9 Å². The van der Waals surface area contributed by atoms with Gasteiger partial charge in [-0.05, 0) is 83.2 Å². The summed E-state index contributed by atoms with van der Waals surface area (Å²) in [5.74, 6) is -1.37. The molecule has 14 heteroatoms. The fourth-order valence-electron chi connectivity index (χ4n) is 4.27. The van der Waals surface area contributed by atoms with Crippen LogP contribution in [-0.4, -0.2) is 44.4 Å². The number of nitrogens with one attached hydrogen (secondary N) is 2. The third kappa shape index (κ3) is 9.31. The summed E-state index contributed by atoms with van der Waals surface area (Å²) in [5, 5.41) is 6.14. The molecule has 0 saturated heterocycles. The van der Waals surface area contributed by atoms with Crippen LogP contribution in [0.15, 0.2) is 33.7 Å². The van der Waals surface area contributed by atoms with Crippen molar-refractivity contribution in [2.45, 2.75) is 75.8 Å². The van der Waals surface area contributed by atoms with Crippen LogP contribution in [-0.2, 0) is 0 Å². The van der Waals surface area contributed by atoms with Gasteiger partial charge in [-0.3, -0.25) is 0 Å². The number of halogens is 8. The zero-order valence-corrected chi connectivity index (χ0v) is 22.3. The number of rotatable bonds is 4. The van der Waals surface area contributed by atoms with E-state index in [1.807, 2.05) is 0 Å². The highest BCUT2D eigenvalue weighted by Gasteiger charge is 2.42. The molecular weight excluding hydrogens is 622 g/mol. The normalized spacial score (nSPS) is 24.9. The van der Waals surface area contributed by atoms with E-state index in [1.54, 1.807) is 24.8 Å². The lowest BCUT2D eigenvalue weighted by molar-refractivity contribution is -0.182. The summed E-state index contributed by atoms with van der Waals surface area (Å²) in [5.41, 5.74) is 0. The van der Waals surface area contributed by atoms with Gasteiger partial charge in [0.1, 0.15) is 0 Å². The molecule has 2 aliphatic rings. The van der Waals surface area contributed by atoms with Crippen molar-refractivity contribution >= 4 is 43.8 Å². The Bertz CT molecular complexity index is 849. The molecule has 4 rings (SSSR count). The molecule has 0 atom stereocenters. The van der Waals surface area contributed by atoms with E-state index in [1.165, 1.54) is 0 Å². The minimum absolute atomic E-state index is 0.0322. The maximum atomic E-state index is 12.5. The van der Waals surface area contributed by atoms with E-state index in [-0.39, 0.29) is 37.8 Å². The maximum absolute atomic E-state index is 12.5. The molecule has 2 aliphatic carbocycles. The molecule has 2 aromatic rings. The van der Waals surface area contributed by atoms with Crippen molar-refractivity contribution < 1.29 is 26.3 Å². The Morgan fingerprint density at radius 1 is 0.556 bits per heavy atom. The lowest BCUT2D eigenvalue weighted by Crippen LogP contribution is -2.33. The highest BCUT2D eigenvalue weighted by atomic mass is 79.9. The summed E-state index contributed by atoms with van der Waals surface area (Å²) < 4.78 is 76.5. The van der Waals surface area contributed by atoms with Crippen LogP contribution in [0.3, 0.4) is 0 Å². The van der Waals surface area contributed by atoms with E-state index in [4.69, 9.17) is 0 Å². The first-order valence-electron chi connectivity index (χ1n) is 11.5. The van der Waals surface area contributed by atoms with Gasteiger partial charge in [-0.15, -0.1) is 0 Å². The van der Waals surface area contributed by atoms with Crippen LogP contribution in [0.1, 0.15) is 51.4 Å².